The highest BCUT2D eigenvalue weighted by atomic mass is 16.4. The Morgan fingerprint density at radius 3 is 2.77 bits per heavy atom. The van der Waals surface area contributed by atoms with Crippen molar-refractivity contribution in [3.63, 3.8) is 0 Å². The van der Waals surface area contributed by atoms with Crippen LogP contribution in [0.25, 0.3) is 0 Å². The molecule has 5 atom stereocenters. The number of carboxylic acid groups (broad SMARTS) is 1. The molecule has 0 bridgehead atoms. The summed E-state index contributed by atoms with van der Waals surface area (Å²) in [5.41, 5.74) is 0. The number of carboxylic acids is 1. The fourth-order valence-corrected chi connectivity index (χ4v) is 3.71. The van der Waals surface area contributed by atoms with Crippen LogP contribution < -0.4 is 0 Å². The molecule has 0 radical (unpaired) electrons. The van der Waals surface area contributed by atoms with Gasteiger partial charge in [-0.25, -0.2) is 0 Å². The van der Waals surface area contributed by atoms with Crippen LogP contribution in [0.1, 0.15) is 19.3 Å². The molecule has 5 unspecified atom stereocenters. The molecule has 0 spiro atoms. The number of hydrogen-bond acceptors (Lipinski definition) is 1. The lowest BCUT2D eigenvalue weighted by atomic mass is 9.60. The van der Waals surface area contributed by atoms with E-state index in [-0.39, 0.29) is 5.92 Å². The summed E-state index contributed by atoms with van der Waals surface area (Å²) in [4.78, 5) is 10.8. The Hall–Kier alpha value is -0.790. The fourth-order valence-electron chi connectivity index (χ4n) is 3.71. The summed E-state index contributed by atoms with van der Waals surface area (Å²) in [5, 5.41) is 8.92. The summed E-state index contributed by atoms with van der Waals surface area (Å²) >= 11 is 0. The first-order valence-electron chi connectivity index (χ1n) is 5.17. The highest BCUT2D eigenvalue weighted by Gasteiger charge is 2.55. The van der Waals surface area contributed by atoms with Crippen molar-refractivity contribution in [2.24, 2.45) is 29.6 Å². The zero-order valence-corrected chi connectivity index (χ0v) is 7.52. The average molecular weight is 178 g/mol. The molecule has 0 aromatic carbocycles. The first kappa shape index (κ1) is 7.60. The molecule has 0 aromatic heterocycles. The van der Waals surface area contributed by atoms with Gasteiger partial charge in [-0.05, 0) is 42.9 Å². The van der Waals surface area contributed by atoms with Gasteiger partial charge in [-0.2, -0.15) is 0 Å². The topological polar surface area (TPSA) is 37.3 Å². The van der Waals surface area contributed by atoms with Crippen molar-refractivity contribution in [1.82, 2.24) is 0 Å². The van der Waals surface area contributed by atoms with Crippen LogP contribution >= 0.6 is 0 Å². The largest absolute Gasteiger partial charge is 0.481 e. The maximum absolute atomic E-state index is 10.8. The standard InChI is InChI=1S/C11H14O2/c12-11(13)6-4-9-7-2-1-3-8(7)10(9)5-6/h1-2,6-10H,3-5H2,(H,12,13). The molecule has 70 valence electrons. The van der Waals surface area contributed by atoms with Crippen LogP contribution in [0.2, 0.25) is 0 Å². The first-order valence-corrected chi connectivity index (χ1v) is 5.17. The minimum absolute atomic E-state index is 0.0333. The van der Waals surface area contributed by atoms with Crippen molar-refractivity contribution in [3.05, 3.63) is 12.2 Å². The van der Waals surface area contributed by atoms with Crippen molar-refractivity contribution in [2.45, 2.75) is 19.3 Å². The van der Waals surface area contributed by atoms with Crippen molar-refractivity contribution < 1.29 is 9.90 Å². The zero-order valence-electron chi connectivity index (χ0n) is 7.52. The predicted octanol–water partition coefficient (Wildman–Crippen LogP) is 1.92. The molecule has 0 aromatic rings. The summed E-state index contributed by atoms with van der Waals surface area (Å²) in [6.07, 6.45) is 7.69. The summed E-state index contributed by atoms with van der Waals surface area (Å²) < 4.78 is 0. The van der Waals surface area contributed by atoms with E-state index in [0.29, 0.717) is 5.92 Å². The van der Waals surface area contributed by atoms with E-state index in [1.54, 1.807) is 0 Å². The van der Waals surface area contributed by atoms with Crippen LogP contribution in [0.3, 0.4) is 0 Å². The van der Waals surface area contributed by atoms with Crippen LogP contribution in [0.5, 0.6) is 0 Å². The van der Waals surface area contributed by atoms with E-state index in [4.69, 9.17) is 5.11 Å². The average Bonchev–Trinajstić information content (AvgIpc) is 2.59. The van der Waals surface area contributed by atoms with E-state index in [9.17, 15) is 4.79 Å². The minimum Gasteiger partial charge on any atom is -0.481 e. The summed E-state index contributed by atoms with van der Waals surface area (Å²) in [6.45, 7) is 0. The molecule has 2 saturated carbocycles. The molecule has 0 saturated heterocycles. The van der Waals surface area contributed by atoms with Gasteiger partial charge < -0.3 is 5.11 Å². The Morgan fingerprint density at radius 2 is 2.00 bits per heavy atom. The van der Waals surface area contributed by atoms with Crippen LogP contribution in [0.4, 0.5) is 0 Å². The number of rotatable bonds is 1. The molecule has 0 aliphatic heterocycles. The predicted molar refractivity (Wildman–Crippen MR) is 48.1 cm³/mol. The maximum atomic E-state index is 10.8. The third-order valence-corrected chi connectivity index (χ3v) is 4.32. The van der Waals surface area contributed by atoms with Crippen LogP contribution in [0, 0.1) is 29.6 Å². The second-order valence-corrected chi connectivity index (χ2v) is 4.74. The highest BCUT2D eigenvalue weighted by Crippen LogP contribution is 2.60. The number of allylic oxidation sites excluding steroid dienone is 2. The normalized spacial score (nSPS) is 51.2. The lowest BCUT2D eigenvalue weighted by Crippen LogP contribution is -2.39. The third kappa shape index (κ3) is 0.862. The SMILES string of the molecule is O=C(O)C1CC2C3C=CCC3C2C1. The van der Waals surface area contributed by atoms with Crippen molar-refractivity contribution in [3.8, 4) is 0 Å². The van der Waals surface area contributed by atoms with Gasteiger partial charge in [-0.15, -0.1) is 0 Å². The Bertz CT molecular complexity index is 282. The van der Waals surface area contributed by atoms with Crippen molar-refractivity contribution in [2.75, 3.05) is 0 Å². The Kier molecular flexibility index (Phi) is 1.38. The highest BCUT2D eigenvalue weighted by molar-refractivity contribution is 5.70. The molecule has 2 nitrogen and oxygen atoms in total. The number of fused-ring (bicyclic) bond motifs is 4. The number of carbonyl (C=O) groups is 1. The molecule has 0 heterocycles. The zero-order chi connectivity index (χ0) is 9.00. The van der Waals surface area contributed by atoms with Crippen molar-refractivity contribution >= 4 is 5.97 Å². The molecule has 13 heavy (non-hydrogen) atoms. The lowest BCUT2D eigenvalue weighted by Gasteiger charge is -2.44. The Balaban J connectivity index is 1.76. The molecular formula is C11H14O2. The van der Waals surface area contributed by atoms with E-state index >= 15 is 0 Å². The molecule has 3 aliphatic rings. The van der Waals surface area contributed by atoms with Gasteiger partial charge >= 0.3 is 5.97 Å². The lowest BCUT2D eigenvalue weighted by molar-refractivity contribution is -0.141. The smallest absolute Gasteiger partial charge is 0.306 e. The molecule has 1 N–H and O–H groups in total. The Labute approximate surface area is 77.6 Å². The quantitative estimate of drug-likeness (QED) is 0.623. The van der Waals surface area contributed by atoms with E-state index in [1.165, 1.54) is 6.42 Å². The third-order valence-electron chi connectivity index (χ3n) is 4.32. The maximum Gasteiger partial charge on any atom is 0.306 e. The van der Waals surface area contributed by atoms with Crippen molar-refractivity contribution in [1.29, 1.82) is 0 Å². The van der Waals surface area contributed by atoms with E-state index < -0.39 is 5.97 Å². The summed E-state index contributed by atoms with van der Waals surface area (Å²) in [6, 6.07) is 0. The summed E-state index contributed by atoms with van der Waals surface area (Å²) in [5.74, 6) is 2.40. The van der Waals surface area contributed by atoms with Gasteiger partial charge in [0.1, 0.15) is 0 Å². The van der Waals surface area contributed by atoms with Crippen LogP contribution in [-0.4, -0.2) is 11.1 Å². The number of hydrogen-bond donors (Lipinski definition) is 1. The molecular weight excluding hydrogens is 164 g/mol. The second-order valence-electron chi connectivity index (χ2n) is 4.74. The van der Waals surface area contributed by atoms with E-state index in [1.807, 2.05) is 0 Å². The molecule has 2 heteroatoms. The van der Waals surface area contributed by atoms with E-state index in [2.05, 4.69) is 12.2 Å². The Morgan fingerprint density at radius 1 is 1.23 bits per heavy atom. The fraction of sp³-hybridized carbons (Fsp3) is 0.727. The van der Waals surface area contributed by atoms with Gasteiger partial charge in [0, 0.05) is 0 Å². The van der Waals surface area contributed by atoms with Gasteiger partial charge in [0.2, 0.25) is 0 Å². The minimum atomic E-state index is -0.573. The van der Waals surface area contributed by atoms with Crippen LogP contribution in [-0.2, 0) is 4.79 Å². The van der Waals surface area contributed by atoms with Gasteiger partial charge in [0.05, 0.1) is 5.92 Å². The van der Waals surface area contributed by atoms with Gasteiger partial charge in [0.15, 0.2) is 0 Å². The summed E-state index contributed by atoms with van der Waals surface area (Å²) in [7, 11) is 0. The molecule has 0 amide bonds. The monoisotopic (exact) mass is 178 g/mol. The molecule has 3 aliphatic carbocycles. The molecule has 2 fully saturated rings. The van der Waals surface area contributed by atoms with Gasteiger partial charge in [-0.3, -0.25) is 4.79 Å². The molecule has 3 rings (SSSR count). The second kappa shape index (κ2) is 2.37. The number of aliphatic carboxylic acids is 1. The van der Waals surface area contributed by atoms with E-state index in [0.717, 1.165) is 30.6 Å². The first-order chi connectivity index (χ1) is 6.27. The van der Waals surface area contributed by atoms with Gasteiger partial charge in [0.25, 0.3) is 0 Å². The van der Waals surface area contributed by atoms with Gasteiger partial charge in [-0.1, -0.05) is 12.2 Å². The van der Waals surface area contributed by atoms with Crippen LogP contribution in [0.15, 0.2) is 12.2 Å².